The molecule has 0 aromatic heterocycles. The average molecular weight is 1100 g/mol. The molecule has 1 aliphatic rings. The third kappa shape index (κ3) is 27.9. The van der Waals surface area contributed by atoms with Crippen LogP contribution in [0.1, 0.15) is 327 Å². The molecule has 0 N–H and O–H groups in total. The molecule has 0 spiro atoms. The summed E-state index contributed by atoms with van der Waals surface area (Å²) < 4.78 is 41.0. The van der Waals surface area contributed by atoms with Crippen molar-refractivity contribution in [1.29, 1.82) is 0 Å². The zero-order valence-corrected chi connectivity index (χ0v) is 53.5. The van der Waals surface area contributed by atoms with Crippen LogP contribution in [0.4, 0.5) is 0 Å². The standard InChI is InChI=1S/C71H122O8/c1-13-16-19-22-25-28-31-46-74-62-52-60-64(70(77-48-33-30-27-24-21-18-15-3)68(62)76-47-32-29-26-23-20-17-14-2)66(72)61-53-63(75-49-43-57(10)40-34-37-54(4)5)69(78-50-44-58(11)41-35-38-55(6)7)71(65(61)67(60)73)79-51-45-59(12)42-36-39-56(8)9/h52-59H,13-51H2,1-12H3. The Bertz CT molecular complexity index is 1920. The number of hydrogen-bond donors (Lipinski definition) is 0. The minimum absolute atomic E-state index is 0.243. The topological polar surface area (TPSA) is 89.5 Å². The lowest BCUT2D eigenvalue weighted by Gasteiger charge is -2.28. The largest absolute Gasteiger partial charge is 0.490 e. The number of carbonyl (C=O) groups excluding carboxylic acids is 2. The van der Waals surface area contributed by atoms with E-state index in [-0.39, 0.29) is 33.8 Å². The van der Waals surface area contributed by atoms with Gasteiger partial charge in [0.2, 0.25) is 11.5 Å². The number of hydrogen-bond acceptors (Lipinski definition) is 8. The number of rotatable bonds is 51. The summed E-state index contributed by atoms with van der Waals surface area (Å²) in [5.74, 6) is 5.22. The van der Waals surface area contributed by atoms with Gasteiger partial charge in [0, 0.05) is 11.1 Å². The predicted molar refractivity (Wildman–Crippen MR) is 334 cm³/mol. The van der Waals surface area contributed by atoms with Crippen molar-refractivity contribution in [3.05, 3.63) is 34.4 Å². The number of ketones is 2. The second-order valence-corrected chi connectivity index (χ2v) is 25.7. The fraction of sp³-hybridized carbons (Fsp3) is 0.803. The molecule has 79 heavy (non-hydrogen) atoms. The smallest absolute Gasteiger partial charge is 0.204 e. The molecule has 2 aromatic rings. The first kappa shape index (κ1) is 69.8. The van der Waals surface area contributed by atoms with E-state index in [0.29, 0.717) is 110 Å². The minimum atomic E-state index is -0.290. The molecule has 1 aliphatic carbocycles. The molecule has 3 rings (SSSR count). The van der Waals surface area contributed by atoms with Gasteiger partial charge in [0.15, 0.2) is 34.6 Å². The number of carbonyl (C=O) groups is 2. The Kier molecular flexibility index (Phi) is 37.5. The van der Waals surface area contributed by atoms with Crippen molar-refractivity contribution in [3.63, 3.8) is 0 Å². The van der Waals surface area contributed by atoms with E-state index in [1.165, 1.54) is 116 Å². The first-order chi connectivity index (χ1) is 38.2. The van der Waals surface area contributed by atoms with Gasteiger partial charge in [0.25, 0.3) is 0 Å². The maximum Gasteiger partial charge on any atom is 0.204 e. The summed E-state index contributed by atoms with van der Waals surface area (Å²) in [6.45, 7) is 30.0. The Balaban J connectivity index is 2.23. The van der Waals surface area contributed by atoms with Crippen molar-refractivity contribution in [2.45, 2.75) is 295 Å². The maximum absolute atomic E-state index is 15.8. The van der Waals surface area contributed by atoms with Crippen molar-refractivity contribution >= 4 is 11.6 Å². The van der Waals surface area contributed by atoms with Gasteiger partial charge in [-0.15, -0.1) is 0 Å². The molecule has 0 radical (unpaired) electrons. The molecule has 454 valence electrons. The molecule has 3 atom stereocenters. The van der Waals surface area contributed by atoms with E-state index in [1.807, 2.05) is 0 Å². The Morgan fingerprint density at radius 3 is 0.899 bits per heavy atom. The second kappa shape index (κ2) is 42.4. The van der Waals surface area contributed by atoms with Crippen molar-refractivity contribution in [2.75, 3.05) is 39.6 Å². The minimum Gasteiger partial charge on any atom is -0.490 e. The summed E-state index contributed by atoms with van der Waals surface area (Å²) in [4.78, 5) is 31.6. The SMILES string of the molecule is CCCCCCCCCOc1cc2c(c(OCCCCCCCCC)c1OCCCCCCCCC)C(=O)c1cc(OCCC(C)CCCC(C)C)c(OCCC(C)CCCC(C)C)c(OCCC(C)CCCC(C)C)c1C2=O. The zero-order chi connectivity index (χ0) is 57.6. The molecule has 0 fully saturated rings. The number of benzene rings is 2. The van der Waals surface area contributed by atoms with Gasteiger partial charge in [0.1, 0.15) is 0 Å². The molecular formula is C71H122O8. The number of ether oxygens (including phenoxy) is 6. The van der Waals surface area contributed by atoms with Crippen LogP contribution < -0.4 is 28.4 Å². The summed E-state index contributed by atoms with van der Waals surface area (Å²) in [5, 5.41) is 0. The molecule has 8 nitrogen and oxygen atoms in total. The van der Waals surface area contributed by atoms with Crippen molar-refractivity contribution < 1.29 is 38.0 Å². The van der Waals surface area contributed by atoms with Crippen molar-refractivity contribution in [2.24, 2.45) is 35.5 Å². The fourth-order valence-electron chi connectivity index (χ4n) is 10.9. The van der Waals surface area contributed by atoms with Gasteiger partial charge >= 0.3 is 0 Å². The van der Waals surface area contributed by atoms with Gasteiger partial charge in [-0.1, -0.05) is 256 Å². The summed E-state index contributed by atoms with van der Waals surface area (Å²) in [6.07, 6.45) is 37.1. The van der Waals surface area contributed by atoms with E-state index >= 15 is 9.59 Å². The molecule has 2 aromatic carbocycles. The predicted octanol–water partition coefficient (Wildman–Crippen LogP) is 21.5. The Labute approximate surface area is 486 Å². The first-order valence-corrected chi connectivity index (χ1v) is 33.5. The van der Waals surface area contributed by atoms with E-state index in [9.17, 15) is 0 Å². The zero-order valence-electron chi connectivity index (χ0n) is 53.5. The lowest BCUT2D eigenvalue weighted by Crippen LogP contribution is -2.25. The van der Waals surface area contributed by atoms with Gasteiger partial charge < -0.3 is 28.4 Å². The molecule has 0 saturated heterocycles. The fourth-order valence-corrected chi connectivity index (χ4v) is 10.9. The summed E-state index contributed by atoms with van der Waals surface area (Å²) >= 11 is 0. The van der Waals surface area contributed by atoms with Crippen molar-refractivity contribution in [1.82, 2.24) is 0 Å². The maximum atomic E-state index is 15.8. The number of unbranched alkanes of at least 4 members (excludes halogenated alkanes) is 18. The van der Waals surface area contributed by atoms with Gasteiger partial charge in [-0.05, 0) is 86.2 Å². The summed E-state index contributed by atoms with van der Waals surface area (Å²) in [6, 6.07) is 3.57. The molecular weight excluding hydrogens is 981 g/mol. The normalized spacial score (nSPS) is 13.5. The molecule has 0 saturated carbocycles. The van der Waals surface area contributed by atoms with Crippen LogP contribution in [0.2, 0.25) is 0 Å². The molecule has 8 heteroatoms. The van der Waals surface area contributed by atoms with Crippen LogP contribution in [0, 0.1) is 35.5 Å². The van der Waals surface area contributed by atoms with E-state index in [4.69, 9.17) is 28.4 Å². The van der Waals surface area contributed by atoms with E-state index in [0.717, 1.165) is 96.3 Å². The number of fused-ring (bicyclic) bond motifs is 2. The summed E-state index contributed by atoms with van der Waals surface area (Å²) in [7, 11) is 0. The van der Waals surface area contributed by atoms with E-state index in [2.05, 4.69) is 83.1 Å². The van der Waals surface area contributed by atoms with Gasteiger partial charge in [-0.3, -0.25) is 9.59 Å². The van der Waals surface area contributed by atoms with E-state index < -0.39 is 0 Å². The van der Waals surface area contributed by atoms with Gasteiger partial charge in [-0.25, -0.2) is 0 Å². The van der Waals surface area contributed by atoms with Crippen LogP contribution in [0.25, 0.3) is 0 Å². The highest BCUT2D eigenvalue weighted by molar-refractivity contribution is 6.31. The Morgan fingerprint density at radius 1 is 0.291 bits per heavy atom. The quantitative estimate of drug-likeness (QED) is 0.0517. The van der Waals surface area contributed by atoms with Crippen molar-refractivity contribution in [3.8, 4) is 34.5 Å². The lowest BCUT2D eigenvalue weighted by molar-refractivity contribution is 0.0968. The van der Waals surface area contributed by atoms with Crippen LogP contribution in [-0.4, -0.2) is 51.2 Å². The van der Waals surface area contributed by atoms with Crippen LogP contribution in [0.5, 0.6) is 34.5 Å². The van der Waals surface area contributed by atoms with Gasteiger partial charge in [-0.2, -0.15) is 0 Å². The highest BCUT2D eigenvalue weighted by Gasteiger charge is 2.41. The second-order valence-electron chi connectivity index (χ2n) is 25.7. The highest BCUT2D eigenvalue weighted by Crippen LogP contribution is 2.51. The average Bonchev–Trinajstić information content (AvgIpc) is 3.44. The van der Waals surface area contributed by atoms with Crippen LogP contribution in [-0.2, 0) is 0 Å². The molecule has 0 bridgehead atoms. The Morgan fingerprint density at radius 2 is 0.557 bits per heavy atom. The first-order valence-electron chi connectivity index (χ1n) is 33.5. The molecule has 3 unspecified atom stereocenters. The third-order valence-electron chi connectivity index (χ3n) is 16.4. The molecule has 0 aliphatic heterocycles. The van der Waals surface area contributed by atoms with E-state index in [1.54, 1.807) is 12.1 Å². The Hall–Kier alpha value is -3.42. The monoisotopic (exact) mass is 1100 g/mol. The highest BCUT2D eigenvalue weighted by atomic mass is 16.5. The van der Waals surface area contributed by atoms with Crippen LogP contribution in [0.15, 0.2) is 12.1 Å². The van der Waals surface area contributed by atoms with Gasteiger partial charge in [0.05, 0.1) is 50.8 Å². The third-order valence-corrected chi connectivity index (χ3v) is 16.4. The molecule has 0 heterocycles. The summed E-state index contributed by atoms with van der Waals surface area (Å²) in [5.41, 5.74) is 1.02. The molecule has 0 amide bonds. The lowest BCUT2D eigenvalue weighted by atomic mass is 9.82. The van der Waals surface area contributed by atoms with Crippen LogP contribution in [0.3, 0.4) is 0 Å². The van der Waals surface area contributed by atoms with Crippen LogP contribution >= 0.6 is 0 Å².